The molecular weight excluding hydrogens is 275 g/mol. The molecule has 0 bridgehead atoms. The Kier molecular flexibility index (Phi) is 4.73. The van der Waals surface area contributed by atoms with Crippen LogP contribution in [0.2, 0.25) is 0 Å². The first-order chi connectivity index (χ1) is 6.22. The maximum atomic E-state index is 9.59. The molecular formula is C11H15IO. The Morgan fingerprint density at radius 2 is 2.23 bits per heavy atom. The first-order valence-electron chi connectivity index (χ1n) is 4.65. The Balaban J connectivity index is 2.53. The highest BCUT2D eigenvalue weighted by molar-refractivity contribution is 14.1. The summed E-state index contributed by atoms with van der Waals surface area (Å²) in [7, 11) is 0. The lowest BCUT2D eigenvalue weighted by atomic mass is 10.1. The van der Waals surface area contributed by atoms with Crippen LogP contribution in [0, 0.1) is 3.57 Å². The molecule has 1 atom stereocenters. The van der Waals surface area contributed by atoms with Gasteiger partial charge in [0.05, 0.1) is 6.10 Å². The van der Waals surface area contributed by atoms with Crippen LogP contribution in [0.4, 0.5) is 0 Å². The fourth-order valence-corrected chi connectivity index (χ4v) is 1.98. The van der Waals surface area contributed by atoms with E-state index in [0.29, 0.717) is 0 Å². The predicted molar refractivity (Wildman–Crippen MR) is 63.8 cm³/mol. The van der Waals surface area contributed by atoms with Gasteiger partial charge in [-0.3, -0.25) is 0 Å². The molecule has 1 nitrogen and oxygen atoms in total. The van der Waals surface area contributed by atoms with Gasteiger partial charge >= 0.3 is 0 Å². The molecule has 72 valence electrons. The molecule has 0 radical (unpaired) electrons. The SMILES string of the molecule is CCCC(O)Cc1cccc(I)c1. The maximum absolute atomic E-state index is 9.59. The van der Waals surface area contributed by atoms with Crippen molar-refractivity contribution in [3.8, 4) is 0 Å². The number of aliphatic hydroxyl groups is 1. The summed E-state index contributed by atoms with van der Waals surface area (Å²) in [5, 5.41) is 9.59. The van der Waals surface area contributed by atoms with Gasteiger partial charge in [-0.25, -0.2) is 0 Å². The zero-order valence-corrected chi connectivity index (χ0v) is 9.99. The third-order valence-corrected chi connectivity index (χ3v) is 2.65. The molecule has 0 aliphatic rings. The fraction of sp³-hybridized carbons (Fsp3) is 0.455. The molecule has 1 N–H and O–H groups in total. The highest BCUT2D eigenvalue weighted by Gasteiger charge is 2.03. The number of hydrogen-bond donors (Lipinski definition) is 1. The van der Waals surface area contributed by atoms with Crippen LogP contribution in [0.15, 0.2) is 24.3 Å². The predicted octanol–water partition coefficient (Wildman–Crippen LogP) is 2.99. The van der Waals surface area contributed by atoms with Gasteiger partial charge in [-0.05, 0) is 53.1 Å². The lowest BCUT2D eigenvalue weighted by Gasteiger charge is -2.08. The van der Waals surface area contributed by atoms with Crippen molar-refractivity contribution in [2.24, 2.45) is 0 Å². The van der Waals surface area contributed by atoms with E-state index in [4.69, 9.17) is 0 Å². The molecule has 1 aromatic carbocycles. The number of aliphatic hydroxyl groups excluding tert-OH is 1. The normalized spacial score (nSPS) is 12.8. The molecule has 1 unspecified atom stereocenters. The summed E-state index contributed by atoms with van der Waals surface area (Å²) >= 11 is 2.29. The van der Waals surface area contributed by atoms with Gasteiger partial charge in [0.2, 0.25) is 0 Å². The fourth-order valence-electron chi connectivity index (χ4n) is 1.37. The maximum Gasteiger partial charge on any atom is 0.0580 e. The molecule has 0 saturated carbocycles. The lowest BCUT2D eigenvalue weighted by molar-refractivity contribution is 0.164. The third-order valence-electron chi connectivity index (χ3n) is 1.98. The minimum atomic E-state index is -0.178. The van der Waals surface area contributed by atoms with Crippen LogP contribution in [-0.4, -0.2) is 11.2 Å². The molecule has 0 amide bonds. The quantitative estimate of drug-likeness (QED) is 0.845. The standard InChI is InChI=1S/C11H15IO/c1-2-4-11(13)8-9-5-3-6-10(12)7-9/h3,5-7,11,13H,2,4,8H2,1H3. The first-order valence-corrected chi connectivity index (χ1v) is 5.72. The van der Waals surface area contributed by atoms with Crippen molar-refractivity contribution in [3.05, 3.63) is 33.4 Å². The van der Waals surface area contributed by atoms with Crippen LogP contribution < -0.4 is 0 Å². The second-order valence-electron chi connectivity index (χ2n) is 3.28. The highest BCUT2D eigenvalue weighted by atomic mass is 127. The summed E-state index contributed by atoms with van der Waals surface area (Å²) in [6.07, 6.45) is 2.55. The Hall–Kier alpha value is -0.0900. The number of benzene rings is 1. The van der Waals surface area contributed by atoms with Crippen molar-refractivity contribution in [2.45, 2.75) is 32.3 Å². The lowest BCUT2D eigenvalue weighted by Crippen LogP contribution is -2.09. The molecule has 2 heteroatoms. The molecule has 0 heterocycles. The van der Waals surface area contributed by atoms with Gasteiger partial charge in [0, 0.05) is 3.57 Å². The summed E-state index contributed by atoms with van der Waals surface area (Å²) < 4.78 is 1.23. The van der Waals surface area contributed by atoms with Gasteiger partial charge in [0.1, 0.15) is 0 Å². The van der Waals surface area contributed by atoms with Crippen molar-refractivity contribution < 1.29 is 5.11 Å². The van der Waals surface area contributed by atoms with E-state index in [1.807, 2.05) is 6.07 Å². The first kappa shape index (κ1) is 11.0. The summed E-state index contributed by atoms with van der Waals surface area (Å²) in [5.74, 6) is 0. The van der Waals surface area contributed by atoms with Crippen molar-refractivity contribution in [3.63, 3.8) is 0 Å². The molecule has 13 heavy (non-hydrogen) atoms. The molecule has 0 aliphatic carbocycles. The molecule has 0 aliphatic heterocycles. The van der Waals surface area contributed by atoms with Crippen LogP contribution in [0.5, 0.6) is 0 Å². The summed E-state index contributed by atoms with van der Waals surface area (Å²) in [6, 6.07) is 8.30. The Morgan fingerprint density at radius 3 is 2.85 bits per heavy atom. The Labute approximate surface area is 93.3 Å². The van der Waals surface area contributed by atoms with E-state index < -0.39 is 0 Å². The summed E-state index contributed by atoms with van der Waals surface area (Å²) in [4.78, 5) is 0. The van der Waals surface area contributed by atoms with Crippen LogP contribution in [0.25, 0.3) is 0 Å². The van der Waals surface area contributed by atoms with Gasteiger partial charge in [0.15, 0.2) is 0 Å². The Morgan fingerprint density at radius 1 is 1.46 bits per heavy atom. The van der Waals surface area contributed by atoms with Crippen LogP contribution in [0.1, 0.15) is 25.3 Å². The molecule has 1 rings (SSSR count). The topological polar surface area (TPSA) is 20.2 Å². The number of halogens is 1. The van der Waals surface area contributed by atoms with E-state index in [-0.39, 0.29) is 6.10 Å². The highest BCUT2D eigenvalue weighted by Crippen LogP contribution is 2.11. The average Bonchev–Trinajstić information content (AvgIpc) is 2.04. The third kappa shape index (κ3) is 4.09. The minimum Gasteiger partial charge on any atom is -0.393 e. The summed E-state index contributed by atoms with van der Waals surface area (Å²) in [6.45, 7) is 2.10. The monoisotopic (exact) mass is 290 g/mol. The van der Waals surface area contributed by atoms with Crippen molar-refractivity contribution in [2.75, 3.05) is 0 Å². The van der Waals surface area contributed by atoms with Gasteiger partial charge in [-0.1, -0.05) is 25.5 Å². The van der Waals surface area contributed by atoms with E-state index >= 15 is 0 Å². The summed E-state index contributed by atoms with van der Waals surface area (Å²) in [5.41, 5.74) is 1.23. The second kappa shape index (κ2) is 5.60. The van der Waals surface area contributed by atoms with Crippen molar-refractivity contribution in [1.29, 1.82) is 0 Å². The van der Waals surface area contributed by atoms with Gasteiger partial charge in [0.25, 0.3) is 0 Å². The van der Waals surface area contributed by atoms with Gasteiger partial charge in [-0.2, -0.15) is 0 Å². The molecule has 1 aromatic rings. The number of rotatable bonds is 4. The van der Waals surface area contributed by atoms with Crippen LogP contribution >= 0.6 is 22.6 Å². The minimum absolute atomic E-state index is 0.178. The molecule has 0 saturated heterocycles. The van der Waals surface area contributed by atoms with E-state index in [0.717, 1.165) is 19.3 Å². The van der Waals surface area contributed by atoms with Gasteiger partial charge in [-0.15, -0.1) is 0 Å². The zero-order chi connectivity index (χ0) is 9.68. The Bertz CT molecular complexity index is 260. The zero-order valence-electron chi connectivity index (χ0n) is 7.83. The largest absolute Gasteiger partial charge is 0.393 e. The van der Waals surface area contributed by atoms with Crippen LogP contribution in [-0.2, 0) is 6.42 Å². The van der Waals surface area contributed by atoms with Gasteiger partial charge < -0.3 is 5.11 Å². The van der Waals surface area contributed by atoms with E-state index in [1.165, 1.54) is 9.13 Å². The van der Waals surface area contributed by atoms with Crippen molar-refractivity contribution >= 4 is 22.6 Å². The molecule has 0 aromatic heterocycles. The second-order valence-corrected chi connectivity index (χ2v) is 4.52. The molecule has 0 spiro atoms. The van der Waals surface area contributed by atoms with E-state index in [1.54, 1.807) is 0 Å². The van der Waals surface area contributed by atoms with Crippen molar-refractivity contribution in [1.82, 2.24) is 0 Å². The van der Waals surface area contributed by atoms with E-state index in [9.17, 15) is 5.11 Å². The number of hydrogen-bond acceptors (Lipinski definition) is 1. The average molecular weight is 290 g/mol. The van der Waals surface area contributed by atoms with Crippen LogP contribution in [0.3, 0.4) is 0 Å². The smallest absolute Gasteiger partial charge is 0.0580 e. The van der Waals surface area contributed by atoms with E-state index in [2.05, 4.69) is 47.7 Å². The molecule has 0 fully saturated rings.